The molecule has 0 spiro atoms. The number of benzene rings is 3. The first-order valence-corrected chi connectivity index (χ1v) is 8.34. The SMILES string of the molecule is Cc1cccc(OCNc2ccc(NC(=O)c3ccc(F)cc3)cc2O)c1. The van der Waals surface area contributed by atoms with Gasteiger partial charge < -0.3 is 20.5 Å². The van der Waals surface area contributed by atoms with Crippen LogP contribution in [0.25, 0.3) is 0 Å². The van der Waals surface area contributed by atoms with Gasteiger partial charge in [-0.3, -0.25) is 4.79 Å². The number of hydrogen-bond donors (Lipinski definition) is 3. The fraction of sp³-hybridized carbons (Fsp3) is 0.0952. The summed E-state index contributed by atoms with van der Waals surface area (Å²) in [6.07, 6.45) is 0. The molecule has 6 heteroatoms. The molecule has 0 atom stereocenters. The number of rotatable bonds is 6. The van der Waals surface area contributed by atoms with Crippen molar-refractivity contribution in [3.63, 3.8) is 0 Å². The van der Waals surface area contributed by atoms with Crippen LogP contribution in [-0.4, -0.2) is 17.7 Å². The van der Waals surface area contributed by atoms with Crippen LogP contribution in [0, 0.1) is 12.7 Å². The number of hydrogen-bond acceptors (Lipinski definition) is 4. The Kier molecular flexibility index (Phi) is 5.56. The third-order valence-corrected chi connectivity index (χ3v) is 3.85. The van der Waals surface area contributed by atoms with E-state index in [0.29, 0.717) is 16.9 Å². The number of amides is 1. The summed E-state index contributed by atoms with van der Waals surface area (Å²) in [5.74, 6) is -0.102. The van der Waals surface area contributed by atoms with E-state index in [1.54, 1.807) is 12.1 Å². The molecule has 138 valence electrons. The maximum absolute atomic E-state index is 12.9. The first kappa shape index (κ1) is 18.3. The number of aromatic hydroxyl groups is 1. The van der Waals surface area contributed by atoms with Gasteiger partial charge in [-0.05, 0) is 61.0 Å². The van der Waals surface area contributed by atoms with Crippen LogP contribution in [0.3, 0.4) is 0 Å². The number of carbonyl (C=O) groups is 1. The van der Waals surface area contributed by atoms with Crippen molar-refractivity contribution >= 4 is 17.3 Å². The molecule has 0 aliphatic heterocycles. The van der Waals surface area contributed by atoms with Crippen molar-refractivity contribution in [2.75, 3.05) is 17.4 Å². The van der Waals surface area contributed by atoms with E-state index < -0.39 is 11.7 Å². The summed E-state index contributed by atoms with van der Waals surface area (Å²) in [6, 6.07) is 17.6. The summed E-state index contributed by atoms with van der Waals surface area (Å²) in [4.78, 5) is 12.1. The highest BCUT2D eigenvalue weighted by molar-refractivity contribution is 6.04. The Balaban J connectivity index is 1.58. The predicted molar refractivity (Wildman–Crippen MR) is 103 cm³/mol. The van der Waals surface area contributed by atoms with E-state index in [1.807, 2.05) is 31.2 Å². The first-order valence-electron chi connectivity index (χ1n) is 8.34. The van der Waals surface area contributed by atoms with Gasteiger partial charge in [-0.2, -0.15) is 0 Å². The van der Waals surface area contributed by atoms with E-state index in [-0.39, 0.29) is 12.5 Å². The topological polar surface area (TPSA) is 70.6 Å². The van der Waals surface area contributed by atoms with E-state index in [2.05, 4.69) is 10.6 Å². The van der Waals surface area contributed by atoms with Gasteiger partial charge in [-0.15, -0.1) is 0 Å². The summed E-state index contributed by atoms with van der Waals surface area (Å²) >= 11 is 0. The zero-order valence-electron chi connectivity index (χ0n) is 14.7. The lowest BCUT2D eigenvalue weighted by Crippen LogP contribution is -2.12. The minimum Gasteiger partial charge on any atom is -0.506 e. The molecule has 0 unspecified atom stereocenters. The Bertz CT molecular complexity index is 942. The lowest BCUT2D eigenvalue weighted by molar-refractivity contribution is 0.102. The van der Waals surface area contributed by atoms with Gasteiger partial charge in [0.2, 0.25) is 0 Å². The molecule has 5 nitrogen and oxygen atoms in total. The Labute approximate surface area is 156 Å². The van der Waals surface area contributed by atoms with Gasteiger partial charge in [0.05, 0.1) is 5.69 Å². The number of aryl methyl sites for hydroxylation is 1. The van der Waals surface area contributed by atoms with E-state index in [4.69, 9.17) is 4.74 Å². The molecule has 0 bridgehead atoms. The second kappa shape index (κ2) is 8.23. The minimum atomic E-state index is -0.410. The van der Waals surface area contributed by atoms with Crippen LogP contribution in [-0.2, 0) is 0 Å². The average Bonchev–Trinajstić information content (AvgIpc) is 2.64. The molecule has 0 heterocycles. The van der Waals surface area contributed by atoms with Crippen molar-refractivity contribution < 1.29 is 19.0 Å². The first-order chi connectivity index (χ1) is 13.0. The van der Waals surface area contributed by atoms with Gasteiger partial charge in [-0.25, -0.2) is 4.39 Å². The molecule has 0 aliphatic rings. The van der Waals surface area contributed by atoms with Crippen LogP contribution in [0.2, 0.25) is 0 Å². The van der Waals surface area contributed by atoms with Gasteiger partial charge in [0, 0.05) is 17.3 Å². The van der Waals surface area contributed by atoms with Crippen LogP contribution < -0.4 is 15.4 Å². The number of carbonyl (C=O) groups excluding carboxylic acids is 1. The van der Waals surface area contributed by atoms with E-state index in [0.717, 1.165) is 11.3 Å². The lowest BCUT2D eigenvalue weighted by atomic mass is 10.2. The van der Waals surface area contributed by atoms with Crippen molar-refractivity contribution in [3.05, 3.63) is 83.7 Å². The Morgan fingerprint density at radius 1 is 1.07 bits per heavy atom. The summed E-state index contributed by atoms with van der Waals surface area (Å²) in [7, 11) is 0. The van der Waals surface area contributed by atoms with Gasteiger partial charge in [0.25, 0.3) is 5.91 Å². The molecule has 3 N–H and O–H groups in total. The number of nitrogens with one attached hydrogen (secondary N) is 2. The molecule has 27 heavy (non-hydrogen) atoms. The van der Waals surface area contributed by atoms with Gasteiger partial charge >= 0.3 is 0 Å². The molecule has 0 saturated carbocycles. The molecule has 3 rings (SSSR count). The van der Waals surface area contributed by atoms with Crippen molar-refractivity contribution in [3.8, 4) is 11.5 Å². The van der Waals surface area contributed by atoms with E-state index in [1.165, 1.54) is 30.3 Å². The number of phenolic OH excluding ortho intramolecular Hbond substituents is 1. The van der Waals surface area contributed by atoms with Crippen LogP contribution in [0.5, 0.6) is 11.5 Å². The molecule has 0 aliphatic carbocycles. The largest absolute Gasteiger partial charge is 0.506 e. The molecule has 0 aromatic heterocycles. The highest BCUT2D eigenvalue weighted by atomic mass is 19.1. The Morgan fingerprint density at radius 2 is 1.85 bits per heavy atom. The Hall–Kier alpha value is -3.54. The highest BCUT2D eigenvalue weighted by Gasteiger charge is 2.08. The molecule has 0 fully saturated rings. The molecule has 3 aromatic carbocycles. The minimum absolute atomic E-state index is 0.0280. The van der Waals surface area contributed by atoms with E-state index >= 15 is 0 Å². The van der Waals surface area contributed by atoms with Crippen LogP contribution in [0.15, 0.2) is 66.7 Å². The standard InChI is InChI=1S/C21H19FN2O3/c1-14-3-2-4-18(11-14)27-13-23-19-10-9-17(12-20(19)25)24-21(26)15-5-7-16(22)8-6-15/h2-12,23,25H,13H2,1H3,(H,24,26). The maximum Gasteiger partial charge on any atom is 0.255 e. The average molecular weight is 366 g/mol. The Morgan fingerprint density at radius 3 is 2.56 bits per heavy atom. The van der Waals surface area contributed by atoms with Crippen LogP contribution in [0.1, 0.15) is 15.9 Å². The second-order valence-corrected chi connectivity index (χ2v) is 5.97. The molecule has 1 amide bonds. The zero-order valence-corrected chi connectivity index (χ0v) is 14.7. The highest BCUT2D eigenvalue weighted by Crippen LogP contribution is 2.27. The number of phenols is 1. The lowest BCUT2D eigenvalue weighted by Gasteiger charge is -2.12. The van der Waals surface area contributed by atoms with Gasteiger partial charge in [-0.1, -0.05) is 12.1 Å². The normalized spacial score (nSPS) is 10.3. The van der Waals surface area contributed by atoms with Crippen molar-refractivity contribution in [1.82, 2.24) is 0 Å². The number of ether oxygens (including phenoxy) is 1. The summed E-state index contributed by atoms with van der Waals surface area (Å²) < 4.78 is 18.5. The third kappa shape index (κ3) is 4.98. The zero-order chi connectivity index (χ0) is 19.2. The maximum atomic E-state index is 12.9. The monoisotopic (exact) mass is 366 g/mol. The van der Waals surface area contributed by atoms with E-state index in [9.17, 15) is 14.3 Å². The summed E-state index contributed by atoms with van der Waals surface area (Å²) in [5, 5.41) is 15.8. The van der Waals surface area contributed by atoms with Crippen molar-refractivity contribution in [2.45, 2.75) is 6.92 Å². The van der Waals surface area contributed by atoms with Gasteiger partial charge in [0.15, 0.2) is 6.73 Å². The van der Waals surface area contributed by atoms with Crippen molar-refractivity contribution in [1.29, 1.82) is 0 Å². The molecular formula is C21H19FN2O3. The fourth-order valence-electron chi connectivity index (χ4n) is 2.47. The smallest absolute Gasteiger partial charge is 0.255 e. The predicted octanol–water partition coefficient (Wildman–Crippen LogP) is 4.54. The molecular weight excluding hydrogens is 347 g/mol. The molecule has 0 radical (unpaired) electrons. The van der Waals surface area contributed by atoms with Crippen LogP contribution in [0.4, 0.5) is 15.8 Å². The van der Waals surface area contributed by atoms with Crippen LogP contribution >= 0.6 is 0 Å². The summed E-state index contributed by atoms with van der Waals surface area (Å²) in [5.41, 5.74) is 2.32. The second-order valence-electron chi connectivity index (χ2n) is 5.97. The molecule has 3 aromatic rings. The third-order valence-electron chi connectivity index (χ3n) is 3.85. The number of halogens is 1. The quantitative estimate of drug-likeness (QED) is 0.442. The van der Waals surface area contributed by atoms with Crippen molar-refractivity contribution in [2.24, 2.45) is 0 Å². The fourth-order valence-corrected chi connectivity index (χ4v) is 2.47. The number of anilines is 2. The summed E-state index contributed by atoms with van der Waals surface area (Å²) in [6.45, 7) is 2.16. The van der Waals surface area contributed by atoms with Gasteiger partial charge in [0.1, 0.15) is 17.3 Å². The molecule has 0 saturated heterocycles.